The summed E-state index contributed by atoms with van der Waals surface area (Å²) in [6.45, 7) is 0.339. The van der Waals surface area contributed by atoms with Gasteiger partial charge in [-0.2, -0.15) is 0 Å². The lowest BCUT2D eigenvalue weighted by Crippen LogP contribution is -2.50. The summed E-state index contributed by atoms with van der Waals surface area (Å²) in [5, 5.41) is 14.4. The standard InChI is InChI=1S/C30H33N3O4/c34-28(20-31-30(37)32-26-16-9-15-25(19-26)29(35)36)33(21-23-12-5-2-6-13-23)27-17-8-7-14-24(27)18-22-10-3-1-4-11-22/h1-6,9-13,15-16,19,24,27H,7-8,14,17-18,20-21H2,(H,35,36)(H2,31,32,37). The normalized spacial score (nSPS) is 17.0. The zero-order chi connectivity index (χ0) is 26.0. The molecule has 1 aliphatic carbocycles. The topological polar surface area (TPSA) is 98.7 Å². The van der Waals surface area contributed by atoms with Crippen molar-refractivity contribution in [3.05, 3.63) is 102 Å². The highest BCUT2D eigenvalue weighted by Crippen LogP contribution is 2.32. The van der Waals surface area contributed by atoms with Crippen LogP contribution in [0.5, 0.6) is 0 Å². The van der Waals surface area contributed by atoms with E-state index in [1.807, 2.05) is 41.3 Å². The first-order valence-electron chi connectivity index (χ1n) is 12.7. The number of carbonyl (C=O) groups excluding carboxylic acids is 2. The molecule has 0 aromatic heterocycles. The molecule has 7 nitrogen and oxygen atoms in total. The summed E-state index contributed by atoms with van der Waals surface area (Å²) in [6.07, 6.45) is 5.13. The number of hydrogen-bond donors (Lipinski definition) is 3. The summed E-state index contributed by atoms with van der Waals surface area (Å²) in [7, 11) is 0. The Kier molecular flexibility index (Phi) is 8.92. The number of carboxylic acids is 1. The highest BCUT2D eigenvalue weighted by molar-refractivity contribution is 5.94. The Bertz CT molecular complexity index is 1200. The number of nitrogens with zero attached hydrogens (tertiary/aromatic N) is 1. The van der Waals surface area contributed by atoms with E-state index < -0.39 is 12.0 Å². The number of benzene rings is 3. The summed E-state index contributed by atoms with van der Waals surface area (Å²) in [5.41, 5.74) is 2.74. The molecule has 2 atom stereocenters. The zero-order valence-electron chi connectivity index (χ0n) is 20.8. The van der Waals surface area contributed by atoms with Crippen molar-refractivity contribution >= 4 is 23.6 Å². The van der Waals surface area contributed by atoms with Gasteiger partial charge in [0.2, 0.25) is 5.91 Å². The van der Waals surface area contributed by atoms with Gasteiger partial charge in [-0.15, -0.1) is 0 Å². The highest BCUT2D eigenvalue weighted by atomic mass is 16.4. The van der Waals surface area contributed by atoms with Gasteiger partial charge in [0.05, 0.1) is 12.1 Å². The smallest absolute Gasteiger partial charge is 0.335 e. The predicted molar refractivity (Wildman–Crippen MR) is 143 cm³/mol. The van der Waals surface area contributed by atoms with Crippen molar-refractivity contribution < 1.29 is 19.5 Å². The van der Waals surface area contributed by atoms with Crippen LogP contribution in [0.3, 0.4) is 0 Å². The molecule has 0 spiro atoms. The molecule has 0 saturated heterocycles. The van der Waals surface area contributed by atoms with E-state index in [-0.39, 0.29) is 24.1 Å². The Morgan fingerprint density at radius 3 is 2.22 bits per heavy atom. The van der Waals surface area contributed by atoms with Crippen LogP contribution in [-0.4, -0.2) is 40.5 Å². The molecule has 2 unspecified atom stereocenters. The van der Waals surface area contributed by atoms with Crippen LogP contribution < -0.4 is 10.6 Å². The first kappa shape index (κ1) is 25.9. The highest BCUT2D eigenvalue weighted by Gasteiger charge is 2.33. The fraction of sp³-hybridized carbons (Fsp3) is 0.300. The quantitative estimate of drug-likeness (QED) is 0.370. The second kappa shape index (κ2) is 12.7. The third-order valence-corrected chi connectivity index (χ3v) is 6.89. The lowest BCUT2D eigenvalue weighted by Gasteiger charge is -2.40. The van der Waals surface area contributed by atoms with Gasteiger partial charge in [-0.05, 0) is 54.5 Å². The average molecular weight is 500 g/mol. The Labute approximate surface area is 217 Å². The molecule has 37 heavy (non-hydrogen) atoms. The molecule has 1 saturated carbocycles. The SMILES string of the molecule is O=C(NCC(=O)N(Cc1ccccc1)C1CCCCC1Cc1ccccc1)Nc1cccc(C(=O)O)c1. The molecule has 0 heterocycles. The minimum atomic E-state index is -1.08. The van der Waals surface area contributed by atoms with Crippen LogP contribution in [0.15, 0.2) is 84.9 Å². The van der Waals surface area contributed by atoms with Crippen molar-refractivity contribution in [3.63, 3.8) is 0 Å². The van der Waals surface area contributed by atoms with Crippen LogP contribution in [0.25, 0.3) is 0 Å². The van der Waals surface area contributed by atoms with Gasteiger partial charge in [0.1, 0.15) is 0 Å². The van der Waals surface area contributed by atoms with Crippen LogP contribution in [0.4, 0.5) is 10.5 Å². The van der Waals surface area contributed by atoms with Crippen LogP contribution in [-0.2, 0) is 17.8 Å². The fourth-order valence-electron chi connectivity index (χ4n) is 5.09. The van der Waals surface area contributed by atoms with Crippen molar-refractivity contribution in [1.29, 1.82) is 0 Å². The first-order valence-corrected chi connectivity index (χ1v) is 12.7. The lowest BCUT2D eigenvalue weighted by molar-refractivity contribution is -0.135. The van der Waals surface area contributed by atoms with Gasteiger partial charge in [0, 0.05) is 18.3 Å². The van der Waals surface area contributed by atoms with Gasteiger partial charge in [-0.3, -0.25) is 4.79 Å². The number of carboxylic acid groups (broad SMARTS) is 1. The van der Waals surface area contributed by atoms with Crippen molar-refractivity contribution in [2.24, 2.45) is 5.92 Å². The van der Waals surface area contributed by atoms with E-state index in [4.69, 9.17) is 5.11 Å². The van der Waals surface area contributed by atoms with Crippen LogP contribution >= 0.6 is 0 Å². The fourth-order valence-corrected chi connectivity index (χ4v) is 5.09. The second-order valence-corrected chi connectivity index (χ2v) is 9.50. The largest absolute Gasteiger partial charge is 0.478 e. The number of urea groups is 1. The third-order valence-electron chi connectivity index (χ3n) is 6.89. The summed E-state index contributed by atoms with van der Waals surface area (Å²) < 4.78 is 0. The van der Waals surface area contributed by atoms with E-state index in [2.05, 4.69) is 34.9 Å². The summed E-state index contributed by atoms with van der Waals surface area (Å²) in [4.78, 5) is 39.2. The minimum absolute atomic E-state index is 0.0738. The van der Waals surface area contributed by atoms with Crippen LogP contribution in [0, 0.1) is 5.92 Å². The molecule has 0 bridgehead atoms. The number of amides is 3. The Morgan fingerprint density at radius 2 is 1.51 bits per heavy atom. The van der Waals surface area contributed by atoms with E-state index in [9.17, 15) is 14.4 Å². The van der Waals surface area contributed by atoms with E-state index in [1.165, 1.54) is 17.7 Å². The van der Waals surface area contributed by atoms with E-state index in [0.29, 0.717) is 18.2 Å². The number of rotatable bonds is 9. The Balaban J connectivity index is 1.46. The number of hydrogen-bond acceptors (Lipinski definition) is 3. The van der Waals surface area contributed by atoms with Gasteiger partial charge in [-0.1, -0.05) is 79.6 Å². The number of anilines is 1. The third kappa shape index (κ3) is 7.43. The lowest BCUT2D eigenvalue weighted by atomic mass is 9.79. The number of nitrogens with one attached hydrogen (secondary N) is 2. The maximum atomic E-state index is 13.6. The minimum Gasteiger partial charge on any atom is -0.478 e. The summed E-state index contributed by atoms with van der Waals surface area (Å²) in [5.74, 6) is -0.868. The van der Waals surface area contributed by atoms with Crippen molar-refractivity contribution in [3.8, 4) is 0 Å². The molecule has 7 heteroatoms. The second-order valence-electron chi connectivity index (χ2n) is 9.50. The van der Waals surface area contributed by atoms with Crippen LogP contribution in [0.2, 0.25) is 0 Å². The maximum absolute atomic E-state index is 13.6. The van der Waals surface area contributed by atoms with Crippen LogP contribution in [0.1, 0.15) is 47.2 Å². The van der Waals surface area contributed by atoms with Gasteiger partial charge in [0.15, 0.2) is 0 Å². The molecular formula is C30H33N3O4. The predicted octanol–water partition coefficient (Wildman–Crippen LogP) is 5.34. The van der Waals surface area contributed by atoms with Crippen molar-refractivity contribution in [2.75, 3.05) is 11.9 Å². The summed E-state index contributed by atoms with van der Waals surface area (Å²) >= 11 is 0. The zero-order valence-corrected chi connectivity index (χ0v) is 20.8. The van der Waals surface area contributed by atoms with E-state index >= 15 is 0 Å². The molecule has 3 aromatic rings. The Hall–Kier alpha value is -4.13. The average Bonchev–Trinajstić information content (AvgIpc) is 2.92. The van der Waals surface area contributed by atoms with Crippen molar-refractivity contribution in [1.82, 2.24) is 10.2 Å². The number of aromatic carboxylic acids is 1. The van der Waals surface area contributed by atoms with Gasteiger partial charge >= 0.3 is 12.0 Å². The monoisotopic (exact) mass is 499 g/mol. The van der Waals surface area contributed by atoms with Gasteiger partial charge in [-0.25, -0.2) is 9.59 Å². The molecule has 3 N–H and O–H groups in total. The van der Waals surface area contributed by atoms with Gasteiger partial charge < -0.3 is 20.6 Å². The molecule has 0 aliphatic heterocycles. The first-order chi connectivity index (χ1) is 18.0. The van der Waals surface area contributed by atoms with E-state index in [0.717, 1.165) is 37.7 Å². The van der Waals surface area contributed by atoms with Crippen molar-refractivity contribution in [2.45, 2.75) is 44.7 Å². The molecule has 0 radical (unpaired) electrons. The molecule has 3 amide bonds. The molecule has 1 aliphatic rings. The van der Waals surface area contributed by atoms with Gasteiger partial charge in [0.25, 0.3) is 0 Å². The Morgan fingerprint density at radius 1 is 0.838 bits per heavy atom. The molecule has 4 rings (SSSR count). The molecule has 1 fully saturated rings. The molecule has 3 aromatic carbocycles. The van der Waals surface area contributed by atoms with E-state index in [1.54, 1.807) is 12.1 Å². The number of carbonyl (C=O) groups is 3. The maximum Gasteiger partial charge on any atom is 0.335 e. The summed E-state index contributed by atoms with van der Waals surface area (Å²) in [6, 6.07) is 25.8. The molecular weight excluding hydrogens is 466 g/mol. The molecule has 192 valence electrons.